The molecule has 1 N–H and O–H groups in total. The van der Waals surface area contributed by atoms with Crippen LogP contribution in [0.5, 0.6) is 5.75 Å². The number of benzene rings is 1. The molecule has 124 valence electrons. The van der Waals surface area contributed by atoms with Gasteiger partial charge in [0.2, 0.25) is 5.43 Å². The fourth-order valence-electron chi connectivity index (χ4n) is 2.18. The number of para-hydroxylation sites is 1. The second-order valence-corrected chi connectivity index (χ2v) is 5.85. The van der Waals surface area contributed by atoms with E-state index in [1.807, 2.05) is 31.2 Å². The summed E-state index contributed by atoms with van der Waals surface area (Å²) in [7, 11) is 1.65. The van der Waals surface area contributed by atoms with E-state index in [9.17, 15) is 9.59 Å². The highest BCUT2D eigenvalue weighted by molar-refractivity contribution is 9.10. The van der Waals surface area contributed by atoms with Crippen LogP contribution in [0.2, 0.25) is 0 Å². The minimum Gasteiger partial charge on any atom is -0.493 e. The van der Waals surface area contributed by atoms with E-state index in [0.29, 0.717) is 22.5 Å². The Morgan fingerprint density at radius 2 is 2.00 bits per heavy atom. The summed E-state index contributed by atoms with van der Waals surface area (Å²) in [4.78, 5) is 24.9. The average Bonchev–Trinajstić information content (AvgIpc) is 2.73. The average molecular weight is 388 g/mol. The third kappa shape index (κ3) is 4.32. The summed E-state index contributed by atoms with van der Waals surface area (Å²) in [5.41, 5.74) is 0.915. The van der Waals surface area contributed by atoms with Gasteiger partial charge >= 0.3 is 0 Å². The van der Waals surface area contributed by atoms with Crippen LogP contribution in [0.4, 0.5) is 5.69 Å². The highest BCUT2D eigenvalue weighted by Gasteiger charge is 2.10. The Hall–Kier alpha value is -2.40. The lowest BCUT2D eigenvalue weighted by molar-refractivity contribution is 0.104. The Balaban J connectivity index is 2.39. The number of halogens is 1. The zero-order valence-electron chi connectivity index (χ0n) is 13.5. The minimum absolute atomic E-state index is 0.0985. The van der Waals surface area contributed by atoms with Crippen molar-refractivity contribution in [2.75, 3.05) is 19.0 Å². The van der Waals surface area contributed by atoms with Crippen LogP contribution in [0.3, 0.4) is 0 Å². The van der Waals surface area contributed by atoms with E-state index in [2.05, 4.69) is 21.2 Å². The summed E-state index contributed by atoms with van der Waals surface area (Å²) in [6.07, 6.45) is 3.05. The molecule has 0 amide bonds. The van der Waals surface area contributed by atoms with E-state index < -0.39 is 0 Å². The number of rotatable bonds is 6. The maximum absolute atomic E-state index is 12.5. The Kier molecular flexibility index (Phi) is 6.32. The molecule has 0 bridgehead atoms. The van der Waals surface area contributed by atoms with Crippen LogP contribution in [-0.2, 0) is 0 Å². The van der Waals surface area contributed by atoms with Gasteiger partial charge in [0.15, 0.2) is 5.78 Å². The lowest BCUT2D eigenvalue weighted by Crippen LogP contribution is -2.14. The van der Waals surface area contributed by atoms with Crippen molar-refractivity contribution in [3.63, 3.8) is 0 Å². The molecule has 2 aromatic rings. The lowest BCUT2D eigenvalue weighted by Gasteiger charge is -2.05. The lowest BCUT2D eigenvalue weighted by atomic mass is 10.1. The van der Waals surface area contributed by atoms with Crippen molar-refractivity contribution in [3.8, 4) is 5.75 Å². The Bertz CT molecular complexity index is 831. The van der Waals surface area contributed by atoms with Crippen molar-refractivity contribution in [1.29, 1.82) is 0 Å². The van der Waals surface area contributed by atoms with E-state index in [-0.39, 0.29) is 16.8 Å². The minimum atomic E-state index is -0.361. The number of carbonyl (C=O) groups is 1. The molecule has 0 aliphatic rings. The van der Waals surface area contributed by atoms with Crippen LogP contribution in [0.1, 0.15) is 22.8 Å². The number of ether oxygens (including phenoxy) is 1. The van der Waals surface area contributed by atoms with Gasteiger partial charge in [0.1, 0.15) is 5.75 Å². The zero-order valence-corrected chi connectivity index (χ0v) is 15.1. The van der Waals surface area contributed by atoms with Crippen molar-refractivity contribution < 1.29 is 9.53 Å². The first-order valence-electron chi connectivity index (χ1n) is 7.52. The molecular formula is C19H18BrNO3. The van der Waals surface area contributed by atoms with Gasteiger partial charge in [-0.3, -0.25) is 9.59 Å². The monoisotopic (exact) mass is 387 g/mol. The van der Waals surface area contributed by atoms with Crippen LogP contribution < -0.4 is 15.5 Å². The predicted octanol–water partition coefficient (Wildman–Crippen LogP) is 4.15. The van der Waals surface area contributed by atoms with E-state index in [0.717, 1.165) is 5.56 Å². The molecule has 0 aliphatic carbocycles. The number of hydrogen-bond donors (Lipinski definition) is 1. The van der Waals surface area contributed by atoms with E-state index in [4.69, 9.17) is 4.74 Å². The molecule has 0 fully saturated rings. The van der Waals surface area contributed by atoms with Crippen LogP contribution >= 0.6 is 15.9 Å². The van der Waals surface area contributed by atoms with Crippen molar-refractivity contribution in [2.45, 2.75) is 6.92 Å². The van der Waals surface area contributed by atoms with Gasteiger partial charge in [0, 0.05) is 17.1 Å². The summed E-state index contributed by atoms with van der Waals surface area (Å²) in [6, 6.07) is 12.3. The van der Waals surface area contributed by atoms with Crippen LogP contribution in [0.25, 0.3) is 6.08 Å². The topological polar surface area (TPSA) is 55.4 Å². The molecule has 24 heavy (non-hydrogen) atoms. The normalized spacial score (nSPS) is 10.6. The van der Waals surface area contributed by atoms with Gasteiger partial charge in [-0.05, 0) is 43.3 Å². The van der Waals surface area contributed by atoms with Gasteiger partial charge in [0.25, 0.3) is 0 Å². The SMILES string of the molecule is CCOc1ccccc1/C=C/C(=O)c1cc(Br)ccc(NC)c1=O. The summed E-state index contributed by atoms with van der Waals surface area (Å²) >= 11 is 3.32. The van der Waals surface area contributed by atoms with Crippen LogP contribution in [-0.4, -0.2) is 19.4 Å². The highest BCUT2D eigenvalue weighted by Crippen LogP contribution is 2.20. The van der Waals surface area contributed by atoms with Gasteiger partial charge in [-0.15, -0.1) is 0 Å². The summed E-state index contributed by atoms with van der Waals surface area (Å²) in [5, 5.41) is 2.81. The molecule has 0 saturated carbocycles. The number of ketones is 1. The molecule has 0 unspecified atom stereocenters. The number of nitrogens with one attached hydrogen (secondary N) is 1. The number of hydrogen-bond acceptors (Lipinski definition) is 4. The number of carbonyl (C=O) groups excluding carboxylic acids is 1. The Morgan fingerprint density at radius 3 is 2.71 bits per heavy atom. The molecule has 0 spiro atoms. The fraction of sp³-hybridized carbons (Fsp3) is 0.158. The van der Waals surface area contributed by atoms with Crippen LogP contribution in [0.15, 0.2) is 57.8 Å². The molecule has 4 nitrogen and oxygen atoms in total. The largest absolute Gasteiger partial charge is 0.493 e. The first-order valence-corrected chi connectivity index (χ1v) is 8.32. The van der Waals surface area contributed by atoms with Crippen molar-refractivity contribution in [3.05, 3.63) is 74.4 Å². The second kappa shape index (κ2) is 8.45. The fourth-order valence-corrected chi connectivity index (χ4v) is 2.54. The van der Waals surface area contributed by atoms with Gasteiger partial charge in [-0.2, -0.15) is 0 Å². The molecule has 2 aromatic carbocycles. The van der Waals surface area contributed by atoms with Gasteiger partial charge < -0.3 is 10.1 Å². The first kappa shape index (κ1) is 17.9. The van der Waals surface area contributed by atoms with Gasteiger partial charge in [-0.1, -0.05) is 34.1 Å². The van der Waals surface area contributed by atoms with Gasteiger partial charge in [-0.25, -0.2) is 0 Å². The molecule has 0 atom stereocenters. The summed E-state index contributed by atoms with van der Waals surface area (Å²) in [5.74, 6) is 0.335. The van der Waals surface area contributed by atoms with Crippen LogP contribution in [0, 0.1) is 0 Å². The second-order valence-electron chi connectivity index (χ2n) is 4.94. The molecule has 0 aliphatic heterocycles. The summed E-state index contributed by atoms with van der Waals surface area (Å²) < 4.78 is 6.19. The molecule has 2 rings (SSSR count). The molecule has 0 heterocycles. The highest BCUT2D eigenvalue weighted by atomic mass is 79.9. The molecule has 0 saturated heterocycles. The van der Waals surface area contributed by atoms with Gasteiger partial charge in [0.05, 0.1) is 17.9 Å². The molecule has 0 radical (unpaired) electrons. The molecule has 0 aromatic heterocycles. The van der Waals surface area contributed by atoms with E-state index in [1.165, 1.54) is 12.1 Å². The standard InChI is InChI=1S/C19H18BrNO3/c1-3-24-18-7-5-4-6-13(18)8-11-17(22)15-12-14(20)9-10-16(21-2)19(15)23/h4-12H,3H2,1-2H3,(H,21,23)/b11-8+. The predicted molar refractivity (Wildman–Crippen MR) is 101 cm³/mol. The Labute approximate surface area is 149 Å². The molecular weight excluding hydrogens is 370 g/mol. The third-order valence-corrected chi connectivity index (χ3v) is 3.84. The van der Waals surface area contributed by atoms with Crippen molar-refractivity contribution in [2.24, 2.45) is 0 Å². The maximum atomic E-state index is 12.5. The van der Waals surface area contributed by atoms with Crippen molar-refractivity contribution >= 4 is 33.5 Å². The van der Waals surface area contributed by atoms with E-state index >= 15 is 0 Å². The first-order chi connectivity index (χ1) is 11.6. The summed E-state index contributed by atoms with van der Waals surface area (Å²) in [6.45, 7) is 2.44. The smallest absolute Gasteiger partial charge is 0.212 e. The van der Waals surface area contributed by atoms with Crippen molar-refractivity contribution in [1.82, 2.24) is 0 Å². The third-order valence-electron chi connectivity index (χ3n) is 3.35. The Morgan fingerprint density at radius 1 is 1.25 bits per heavy atom. The quantitative estimate of drug-likeness (QED) is 0.597. The molecule has 5 heteroatoms. The maximum Gasteiger partial charge on any atom is 0.212 e. The zero-order chi connectivity index (χ0) is 17.5. The number of anilines is 1. The van der Waals surface area contributed by atoms with E-state index in [1.54, 1.807) is 25.3 Å². The number of allylic oxidation sites excluding steroid dienone is 1.